The molecule has 0 aliphatic carbocycles. The van der Waals surface area contributed by atoms with Crippen molar-refractivity contribution >= 4 is 39.5 Å². The Bertz CT molecular complexity index is 1380. The number of aromatic amines is 1. The third-order valence-electron chi connectivity index (χ3n) is 4.97. The Balaban J connectivity index is 1.67. The van der Waals surface area contributed by atoms with Crippen LogP contribution in [0, 0.1) is 5.82 Å². The second kappa shape index (κ2) is 7.35. The van der Waals surface area contributed by atoms with E-state index in [1.165, 1.54) is 18.5 Å². The van der Waals surface area contributed by atoms with Crippen molar-refractivity contribution in [2.75, 3.05) is 5.32 Å². The van der Waals surface area contributed by atoms with Crippen LogP contribution < -0.4 is 5.32 Å². The molecule has 8 heteroatoms. The lowest BCUT2D eigenvalue weighted by atomic mass is 9.98. The third kappa shape index (κ3) is 3.23. The zero-order chi connectivity index (χ0) is 20.7. The minimum atomic E-state index is -0.318. The summed E-state index contributed by atoms with van der Waals surface area (Å²) in [4.78, 5) is 20.6. The maximum Gasteiger partial charge on any atom is 0.162 e. The summed E-state index contributed by atoms with van der Waals surface area (Å²) < 4.78 is 14.0. The van der Waals surface area contributed by atoms with E-state index in [2.05, 4.69) is 25.3 Å². The molecule has 0 bridgehead atoms. The van der Waals surface area contributed by atoms with Crippen LogP contribution >= 0.6 is 11.6 Å². The molecule has 0 unspecified atom stereocenters. The van der Waals surface area contributed by atoms with E-state index in [4.69, 9.17) is 16.6 Å². The van der Waals surface area contributed by atoms with E-state index < -0.39 is 0 Å². The number of H-pyrrole nitrogens is 1. The molecule has 0 aliphatic rings. The number of hydrogen-bond donors (Lipinski definition) is 2. The molecule has 1 atom stereocenters. The Morgan fingerprint density at radius 1 is 1.07 bits per heavy atom. The lowest BCUT2D eigenvalue weighted by Crippen LogP contribution is -2.11. The molecule has 0 radical (unpaired) electrons. The molecular weight excluding hydrogens is 403 g/mol. The predicted molar refractivity (Wildman–Crippen MR) is 116 cm³/mol. The van der Waals surface area contributed by atoms with E-state index >= 15 is 0 Å². The highest BCUT2D eigenvalue weighted by atomic mass is 35.5. The molecule has 6 nitrogen and oxygen atoms in total. The first-order chi connectivity index (χ1) is 14.6. The maximum absolute atomic E-state index is 14.0. The van der Waals surface area contributed by atoms with Crippen molar-refractivity contribution in [2.45, 2.75) is 13.0 Å². The van der Waals surface area contributed by atoms with Crippen LogP contribution in [0.2, 0.25) is 5.02 Å². The fraction of sp³-hybridized carbons (Fsp3) is 0.0909. The minimum absolute atomic E-state index is 0.216. The van der Waals surface area contributed by atoms with Crippen molar-refractivity contribution < 1.29 is 4.39 Å². The molecule has 30 heavy (non-hydrogen) atoms. The molecule has 5 aromatic rings. The highest BCUT2D eigenvalue weighted by Gasteiger charge is 2.18. The third-order valence-corrected chi connectivity index (χ3v) is 5.30. The van der Waals surface area contributed by atoms with Gasteiger partial charge in [0.05, 0.1) is 23.6 Å². The molecule has 0 saturated carbocycles. The molecule has 5 rings (SSSR count). The zero-order valence-corrected chi connectivity index (χ0v) is 16.7. The van der Waals surface area contributed by atoms with Gasteiger partial charge in [-0.2, -0.15) is 0 Å². The van der Waals surface area contributed by atoms with Crippen LogP contribution in [-0.2, 0) is 0 Å². The number of rotatable bonds is 4. The molecule has 2 N–H and O–H groups in total. The summed E-state index contributed by atoms with van der Waals surface area (Å²) in [6.07, 6.45) is 3.04. The Morgan fingerprint density at radius 2 is 1.93 bits per heavy atom. The number of imidazole rings is 1. The Kier molecular flexibility index (Phi) is 4.52. The average molecular weight is 419 g/mol. The molecule has 0 aliphatic heterocycles. The first-order valence-corrected chi connectivity index (χ1v) is 9.73. The number of anilines is 1. The molecule has 0 saturated heterocycles. The predicted octanol–water partition coefficient (Wildman–Crippen LogP) is 5.53. The molecule has 0 spiro atoms. The van der Waals surface area contributed by atoms with Gasteiger partial charge in [-0.05, 0) is 37.3 Å². The van der Waals surface area contributed by atoms with Crippen LogP contribution in [0.1, 0.15) is 18.5 Å². The zero-order valence-electron chi connectivity index (χ0n) is 15.9. The van der Waals surface area contributed by atoms with E-state index in [1.54, 1.807) is 12.4 Å². The van der Waals surface area contributed by atoms with Gasteiger partial charge >= 0.3 is 0 Å². The summed E-state index contributed by atoms with van der Waals surface area (Å²) in [5.74, 6) is 0.277. The van der Waals surface area contributed by atoms with Gasteiger partial charge in [0.2, 0.25) is 0 Å². The van der Waals surface area contributed by atoms with E-state index in [1.807, 2.05) is 37.3 Å². The molecule has 2 aromatic carbocycles. The van der Waals surface area contributed by atoms with Gasteiger partial charge in [0, 0.05) is 21.5 Å². The summed E-state index contributed by atoms with van der Waals surface area (Å²) in [5.41, 5.74) is 4.26. The fourth-order valence-corrected chi connectivity index (χ4v) is 3.75. The minimum Gasteiger partial charge on any atom is -0.362 e. The summed E-state index contributed by atoms with van der Waals surface area (Å²) in [6.45, 7) is 1.99. The van der Waals surface area contributed by atoms with Crippen molar-refractivity contribution in [2.24, 2.45) is 0 Å². The molecule has 3 aromatic heterocycles. The van der Waals surface area contributed by atoms with Crippen LogP contribution in [0.4, 0.5) is 10.2 Å². The molecule has 0 fully saturated rings. The summed E-state index contributed by atoms with van der Waals surface area (Å²) in [6, 6.07) is 13.8. The topological polar surface area (TPSA) is 79.4 Å². The number of nitrogens with one attached hydrogen (secondary N) is 2. The van der Waals surface area contributed by atoms with E-state index in [0.717, 1.165) is 16.5 Å². The van der Waals surface area contributed by atoms with Gasteiger partial charge in [0.1, 0.15) is 17.7 Å². The number of aromatic nitrogens is 5. The number of fused-ring (bicyclic) bond motifs is 2. The maximum atomic E-state index is 14.0. The Morgan fingerprint density at radius 3 is 2.80 bits per heavy atom. The van der Waals surface area contributed by atoms with Gasteiger partial charge in [-0.25, -0.2) is 24.3 Å². The highest BCUT2D eigenvalue weighted by molar-refractivity contribution is 6.35. The number of nitrogens with zero attached hydrogens (tertiary/aromatic N) is 4. The van der Waals surface area contributed by atoms with Crippen molar-refractivity contribution in [3.05, 3.63) is 77.6 Å². The Hall–Kier alpha value is -3.58. The quantitative estimate of drug-likeness (QED) is 0.401. The van der Waals surface area contributed by atoms with E-state index in [9.17, 15) is 4.39 Å². The summed E-state index contributed by atoms with van der Waals surface area (Å²) >= 11 is 6.43. The number of halogens is 2. The summed E-state index contributed by atoms with van der Waals surface area (Å²) in [5, 5.41) is 4.82. The number of hydrogen-bond acceptors (Lipinski definition) is 5. The lowest BCUT2D eigenvalue weighted by molar-refractivity contribution is 0.628. The van der Waals surface area contributed by atoms with Gasteiger partial charge in [0.15, 0.2) is 11.5 Å². The van der Waals surface area contributed by atoms with Crippen molar-refractivity contribution in [3.8, 4) is 11.3 Å². The van der Waals surface area contributed by atoms with Gasteiger partial charge in [-0.1, -0.05) is 29.8 Å². The first kappa shape index (κ1) is 18.4. The van der Waals surface area contributed by atoms with Crippen molar-refractivity contribution in [3.63, 3.8) is 0 Å². The molecule has 148 valence electrons. The van der Waals surface area contributed by atoms with Crippen LogP contribution in [0.3, 0.4) is 0 Å². The Labute approximate surface area is 176 Å². The molecule has 0 amide bonds. The number of benzene rings is 2. The van der Waals surface area contributed by atoms with Gasteiger partial charge < -0.3 is 10.3 Å². The van der Waals surface area contributed by atoms with Crippen LogP contribution in [0.25, 0.3) is 33.3 Å². The monoisotopic (exact) mass is 418 g/mol. The molecule has 3 heterocycles. The second-order valence-electron chi connectivity index (χ2n) is 6.93. The van der Waals surface area contributed by atoms with Crippen LogP contribution in [0.15, 0.2) is 61.2 Å². The van der Waals surface area contributed by atoms with Crippen LogP contribution in [-0.4, -0.2) is 24.9 Å². The first-order valence-electron chi connectivity index (χ1n) is 9.36. The molecular formula is C22H16ClFN6. The van der Waals surface area contributed by atoms with E-state index in [-0.39, 0.29) is 11.9 Å². The van der Waals surface area contributed by atoms with Crippen molar-refractivity contribution in [1.29, 1.82) is 0 Å². The van der Waals surface area contributed by atoms with Gasteiger partial charge in [-0.3, -0.25) is 0 Å². The van der Waals surface area contributed by atoms with Gasteiger partial charge in [0.25, 0.3) is 0 Å². The SMILES string of the molecule is C[C@@H](Nc1ncnc2[nH]cnc12)c1cc2c(Cl)cccc2nc1-c1cccc(F)c1. The van der Waals surface area contributed by atoms with Crippen LogP contribution in [0.5, 0.6) is 0 Å². The number of pyridine rings is 1. The van der Waals surface area contributed by atoms with E-state index in [0.29, 0.717) is 33.3 Å². The normalized spacial score (nSPS) is 12.4. The van der Waals surface area contributed by atoms with Crippen molar-refractivity contribution in [1.82, 2.24) is 24.9 Å². The van der Waals surface area contributed by atoms with Gasteiger partial charge in [-0.15, -0.1) is 0 Å². The highest BCUT2D eigenvalue weighted by Crippen LogP contribution is 2.34. The largest absolute Gasteiger partial charge is 0.362 e. The lowest BCUT2D eigenvalue weighted by Gasteiger charge is -2.19. The summed E-state index contributed by atoms with van der Waals surface area (Å²) in [7, 11) is 0. The smallest absolute Gasteiger partial charge is 0.162 e. The second-order valence-corrected chi connectivity index (χ2v) is 7.34. The standard InChI is InChI=1S/C22H16ClFN6/c1-12(29-22-20-21(26-10-25-20)27-11-28-22)15-9-16-17(23)6-3-7-18(16)30-19(15)13-4-2-5-14(24)8-13/h2-12H,1H3,(H2,25,26,27,28,29)/t12-/m1/s1. The average Bonchev–Trinajstić information content (AvgIpc) is 3.23. The fourth-order valence-electron chi connectivity index (χ4n) is 3.53.